The molecule has 4 heteroatoms. The highest BCUT2D eigenvalue weighted by Gasteiger charge is 2.15. The second kappa shape index (κ2) is 4.87. The number of rotatable bonds is 2. The van der Waals surface area contributed by atoms with Crippen molar-refractivity contribution < 1.29 is 0 Å². The van der Waals surface area contributed by atoms with Gasteiger partial charge < -0.3 is 0 Å². The van der Waals surface area contributed by atoms with Crippen molar-refractivity contribution in [3.63, 3.8) is 0 Å². The van der Waals surface area contributed by atoms with E-state index in [1.807, 2.05) is 55.5 Å². The van der Waals surface area contributed by atoms with E-state index in [0.717, 1.165) is 22.5 Å². The van der Waals surface area contributed by atoms with Gasteiger partial charge in [-0.25, -0.2) is 4.98 Å². The molecule has 0 radical (unpaired) electrons. The number of hydrogen-bond donors (Lipinski definition) is 0. The fraction of sp³-hybridized carbons (Fsp3) is 0.133. The summed E-state index contributed by atoms with van der Waals surface area (Å²) in [7, 11) is 0. The van der Waals surface area contributed by atoms with Crippen molar-refractivity contribution in [2.45, 2.75) is 12.3 Å². The fourth-order valence-electron chi connectivity index (χ4n) is 2.17. The third-order valence-corrected chi connectivity index (χ3v) is 3.47. The second-order valence-electron chi connectivity index (χ2n) is 4.39. The first-order valence-electron chi connectivity index (χ1n) is 6.04. The van der Waals surface area contributed by atoms with Gasteiger partial charge in [-0.3, -0.25) is 4.57 Å². The molecule has 0 aliphatic rings. The average Bonchev–Trinajstić information content (AvgIpc) is 2.79. The maximum atomic E-state index is 6.25. The molecule has 0 N–H and O–H groups in total. The number of hydrogen-bond acceptors (Lipinski definition) is 1. The lowest BCUT2D eigenvalue weighted by Gasteiger charge is -2.10. The lowest BCUT2D eigenvalue weighted by atomic mass is 10.2. The van der Waals surface area contributed by atoms with Crippen LogP contribution in [0.4, 0.5) is 0 Å². The van der Waals surface area contributed by atoms with Gasteiger partial charge in [-0.2, -0.15) is 0 Å². The van der Waals surface area contributed by atoms with Gasteiger partial charge in [-0.05, 0) is 43.3 Å². The van der Waals surface area contributed by atoms with Crippen molar-refractivity contribution in [1.82, 2.24) is 9.55 Å². The smallest absolute Gasteiger partial charge is 0.132 e. The summed E-state index contributed by atoms with van der Waals surface area (Å²) in [5.74, 6) is 0.838. The molecule has 0 bridgehead atoms. The molecule has 0 aliphatic heterocycles. The molecule has 1 aromatic heterocycles. The molecule has 1 unspecified atom stereocenters. The monoisotopic (exact) mass is 290 g/mol. The summed E-state index contributed by atoms with van der Waals surface area (Å²) in [6, 6.07) is 15.7. The summed E-state index contributed by atoms with van der Waals surface area (Å²) in [5, 5.41) is 0.553. The van der Waals surface area contributed by atoms with Crippen molar-refractivity contribution in [2.24, 2.45) is 0 Å². The van der Waals surface area contributed by atoms with Crippen LogP contribution in [0.2, 0.25) is 5.02 Å². The predicted octanol–water partition coefficient (Wildman–Crippen LogP) is 4.98. The molecule has 0 fully saturated rings. The zero-order valence-electron chi connectivity index (χ0n) is 10.3. The summed E-state index contributed by atoms with van der Waals surface area (Å²) in [6.45, 7) is 1.93. The third-order valence-electron chi connectivity index (χ3n) is 3.03. The van der Waals surface area contributed by atoms with Crippen LogP contribution in [0.3, 0.4) is 0 Å². The molecule has 1 atom stereocenters. The highest BCUT2D eigenvalue weighted by Crippen LogP contribution is 2.28. The van der Waals surface area contributed by atoms with Crippen LogP contribution < -0.4 is 0 Å². The number of alkyl halides is 1. The van der Waals surface area contributed by atoms with Gasteiger partial charge in [0, 0.05) is 10.7 Å². The molecule has 96 valence electrons. The topological polar surface area (TPSA) is 17.8 Å². The number of aromatic nitrogens is 2. The summed E-state index contributed by atoms with van der Waals surface area (Å²) in [4.78, 5) is 4.61. The molecule has 3 aromatic rings. The number of nitrogens with zero attached hydrogens (tertiary/aromatic N) is 2. The third kappa shape index (κ3) is 2.22. The van der Waals surface area contributed by atoms with E-state index in [2.05, 4.69) is 9.55 Å². The Morgan fingerprint density at radius 1 is 1.05 bits per heavy atom. The molecule has 0 spiro atoms. The molecule has 0 aliphatic carbocycles. The molecule has 2 nitrogen and oxygen atoms in total. The van der Waals surface area contributed by atoms with Crippen molar-refractivity contribution >= 4 is 34.2 Å². The maximum absolute atomic E-state index is 6.25. The molecule has 0 saturated heterocycles. The van der Waals surface area contributed by atoms with E-state index >= 15 is 0 Å². The van der Waals surface area contributed by atoms with Crippen LogP contribution in [0.1, 0.15) is 18.1 Å². The van der Waals surface area contributed by atoms with Gasteiger partial charge in [-0.1, -0.05) is 23.7 Å². The van der Waals surface area contributed by atoms with Crippen LogP contribution in [0, 0.1) is 0 Å². The molecule has 19 heavy (non-hydrogen) atoms. The Morgan fingerprint density at radius 3 is 2.42 bits per heavy atom. The molecule has 1 heterocycles. The Bertz CT molecular complexity index is 715. The van der Waals surface area contributed by atoms with Gasteiger partial charge in [-0.15, -0.1) is 11.6 Å². The zero-order chi connectivity index (χ0) is 13.4. The summed E-state index contributed by atoms with van der Waals surface area (Å²) in [5.41, 5.74) is 3.01. The molecule has 2 aromatic carbocycles. The number of fused-ring (bicyclic) bond motifs is 1. The minimum Gasteiger partial charge on any atom is -0.295 e. The number of para-hydroxylation sites is 2. The highest BCUT2D eigenvalue weighted by atomic mass is 35.5. The van der Waals surface area contributed by atoms with E-state index in [1.165, 1.54) is 0 Å². The van der Waals surface area contributed by atoms with Crippen molar-refractivity contribution in [3.8, 4) is 5.69 Å². The first-order valence-corrected chi connectivity index (χ1v) is 6.85. The zero-order valence-corrected chi connectivity index (χ0v) is 11.9. The van der Waals surface area contributed by atoms with Crippen LogP contribution in [0.5, 0.6) is 0 Å². The van der Waals surface area contributed by atoms with Gasteiger partial charge >= 0.3 is 0 Å². The average molecular weight is 291 g/mol. The lowest BCUT2D eigenvalue weighted by molar-refractivity contribution is 0.882. The number of imidazole rings is 1. The van der Waals surface area contributed by atoms with E-state index in [4.69, 9.17) is 23.2 Å². The van der Waals surface area contributed by atoms with E-state index < -0.39 is 0 Å². The lowest BCUT2D eigenvalue weighted by Crippen LogP contribution is -2.01. The van der Waals surface area contributed by atoms with Gasteiger partial charge in [0.1, 0.15) is 5.82 Å². The van der Waals surface area contributed by atoms with Gasteiger partial charge in [0.05, 0.1) is 16.4 Å². The molecular weight excluding hydrogens is 279 g/mol. The molecule has 3 rings (SSSR count). The van der Waals surface area contributed by atoms with Crippen molar-refractivity contribution in [2.75, 3.05) is 0 Å². The predicted molar refractivity (Wildman–Crippen MR) is 80.3 cm³/mol. The molecule has 0 saturated carbocycles. The van der Waals surface area contributed by atoms with Crippen LogP contribution in [-0.2, 0) is 0 Å². The normalized spacial score (nSPS) is 12.8. The Kier molecular flexibility index (Phi) is 3.21. The fourth-order valence-corrected chi connectivity index (χ4v) is 2.45. The minimum absolute atomic E-state index is 0.164. The van der Waals surface area contributed by atoms with E-state index in [1.54, 1.807) is 0 Å². The Labute approximate surface area is 121 Å². The second-order valence-corrected chi connectivity index (χ2v) is 5.48. The summed E-state index contributed by atoms with van der Waals surface area (Å²) < 4.78 is 2.07. The van der Waals surface area contributed by atoms with Crippen molar-refractivity contribution in [3.05, 3.63) is 59.4 Å². The van der Waals surface area contributed by atoms with E-state index in [9.17, 15) is 0 Å². The number of halogens is 2. The van der Waals surface area contributed by atoms with Crippen LogP contribution >= 0.6 is 23.2 Å². The SMILES string of the molecule is CC(Cl)c1nc2ccccc2n1-c1ccc(Cl)cc1. The standard InChI is InChI=1S/C15H12Cl2N2/c1-10(16)15-18-13-4-2-3-5-14(13)19(15)12-8-6-11(17)7-9-12/h2-10H,1H3. The number of benzene rings is 2. The van der Waals surface area contributed by atoms with E-state index in [0.29, 0.717) is 5.02 Å². The van der Waals surface area contributed by atoms with Crippen LogP contribution in [-0.4, -0.2) is 9.55 Å². The van der Waals surface area contributed by atoms with Gasteiger partial charge in [0.25, 0.3) is 0 Å². The van der Waals surface area contributed by atoms with Crippen LogP contribution in [0.15, 0.2) is 48.5 Å². The quantitative estimate of drug-likeness (QED) is 0.609. The first-order chi connectivity index (χ1) is 9.16. The maximum Gasteiger partial charge on any atom is 0.132 e. The molecular formula is C15H12Cl2N2. The van der Waals surface area contributed by atoms with Crippen molar-refractivity contribution in [1.29, 1.82) is 0 Å². The first kappa shape index (κ1) is 12.5. The largest absolute Gasteiger partial charge is 0.295 e. The van der Waals surface area contributed by atoms with E-state index in [-0.39, 0.29) is 5.38 Å². The highest BCUT2D eigenvalue weighted by molar-refractivity contribution is 6.30. The van der Waals surface area contributed by atoms with Gasteiger partial charge in [0.2, 0.25) is 0 Å². The summed E-state index contributed by atoms with van der Waals surface area (Å²) in [6.07, 6.45) is 0. The van der Waals surface area contributed by atoms with Gasteiger partial charge in [0.15, 0.2) is 0 Å². The Hall–Kier alpha value is -1.51. The minimum atomic E-state index is -0.164. The molecule has 0 amide bonds. The summed E-state index contributed by atoms with van der Waals surface area (Å²) >= 11 is 12.2. The Balaban J connectivity index is 2.31. The van der Waals surface area contributed by atoms with Crippen LogP contribution in [0.25, 0.3) is 16.7 Å². The Morgan fingerprint density at radius 2 is 1.74 bits per heavy atom.